The Morgan fingerprint density at radius 3 is 2.29 bits per heavy atom. The van der Waals surface area contributed by atoms with Crippen LogP contribution in [0.1, 0.15) is 25.1 Å². The normalized spacial score (nSPS) is 13.4. The first-order valence-electron chi connectivity index (χ1n) is 5.83. The average Bonchev–Trinajstić information content (AvgIpc) is 2.67. The molecule has 1 heterocycles. The van der Waals surface area contributed by atoms with Gasteiger partial charge in [0.25, 0.3) is 0 Å². The molecule has 87 valence electrons. The summed E-state index contributed by atoms with van der Waals surface area (Å²) in [6, 6.07) is 0. The molecule has 0 amide bonds. The molecule has 0 unspecified atom stereocenters. The summed E-state index contributed by atoms with van der Waals surface area (Å²) in [6.45, 7) is 13.8. The van der Waals surface area contributed by atoms with E-state index in [9.17, 15) is 0 Å². The maximum atomic E-state index is 3.89. The zero-order valence-electron chi connectivity index (χ0n) is 10.9. The predicted octanol–water partition coefficient (Wildman–Crippen LogP) is 2.45. The molecular weight excluding hydrogens is 205 g/mol. The number of nitrogens with zero attached hydrogens (tertiary/aromatic N) is 1. The van der Waals surface area contributed by atoms with Crippen molar-refractivity contribution in [3.63, 3.8) is 0 Å². The highest BCUT2D eigenvalue weighted by atomic mass is 14.9. The number of allylic oxidation sites excluding steroid dienone is 2. The van der Waals surface area contributed by atoms with Crippen LogP contribution >= 0.6 is 0 Å². The molecule has 2 heteroatoms. The average molecular weight is 224 g/mol. The second-order valence-corrected chi connectivity index (χ2v) is 3.62. The van der Waals surface area contributed by atoms with Gasteiger partial charge in [0.05, 0.1) is 0 Å². The smallest absolute Gasteiger partial charge is 0.249 e. The van der Waals surface area contributed by atoms with Gasteiger partial charge in [0.15, 0.2) is 0 Å². The van der Waals surface area contributed by atoms with Gasteiger partial charge in [-0.15, -0.1) is 0 Å². The van der Waals surface area contributed by atoms with E-state index in [-0.39, 0.29) is 0 Å². The van der Waals surface area contributed by atoms with Crippen LogP contribution in [0.4, 0.5) is 0 Å². The molecule has 1 nitrogen and oxygen atoms in total. The highest BCUT2D eigenvalue weighted by molar-refractivity contribution is 6.32. The molecule has 17 heavy (non-hydrogen) atoms. The second-order valence-electron chi connectivity index (χ2n) is 3.62. The summed E-state index contributed by atoms with van der Waals surface area (Å²) in [5.41, 5.74) is 2.22. The second kappa shape index (κ2) is 6.14. The number of hydrogen-bond donors (Lipinski definition) is 0. The van der Waals surface area contributed by atoms with Gasteiger partial charge in [0.2, 0.25) is 7.41 Å². The minimum Gasteiger partial charge on any atom is -0.390 e. The van der Waals surface area contributed by atoms with Gasteiger partial charge in [-0.1, -0.05) is 44.3 Å². The highest BCUT2D eigenvalue weighted by Gasteiger charge is 2.07. The van der Waals surface area contributed by atoms with Crippen molar-refractivity contribution in [1.82, 2.24) is 4.48 Å². The molecule has 1 rings (SSSR count). The largest absolute Gasteiger partial charge is 0.390 e. The summed E-state index contributed by atoms with van der Waals surface area (Å²) in [4.78, 5) is 0. The lowest BCUT2D eigenvalue weighted by atomic mass is 9.98. The van der Waals surface area contributed by atoms with Crippen molar-refractivity contribution in [3.8, 4) is 0 Å². The van der Waals surface area contributed by atoms with Crippen molar-refractivity contribution in [2.45, 2.75) is 20.7 Å². The molecule has 0 spiro atoms. The van der Waals surface area contributed by atoms with Gasteiger partial charge in [-0.3, -0.25) is 0 Å². The van der Waals surface area contributed by atoms with Gasteiger partial charge in [0, 0.05) is 21.8 Å². The third kappa shape index (κ3) is 2.36. The molecule has 0 saturated carbocycles. The first-order chi connectivity index (χ1) is 8.24. The van der Waals surface area contributed by atoms with Crippen molar-refractivity contribution in [2.24, 2.45) is 0 Å². The van der Waals surface area contributed by atoms with Crippen LogP contribution in [-0.2, 0) is 0 Å². The van der Waals surface area contributed by atoms with Gasteiger partial charge >= 0.3 is 0 Å². The minimum atomic E-state index is 1.09. The SMILES string of the molecule is C=Cc1c(C=C)n([B]C)c(=C/C=C\C)/c1=C\C. The molecule has 0 atom stereocenters. The molecule has 0 aliphatic heterocycles. The molecule has 0 N–H and O–H groups in total. The summed E-state index contributed by atoms with van der Waals surface area (Å²) < 4.78 is 2.14. The number of aromatic nitrogens is 1. The fraction of sp³-hybridized carbons (Fsp3) is 0.200. The maximum Gasteiger partial charge on any atom is 0.249 e. The van der Waals surface area contributed by atoms with Crippen LogP contribution in [0.15, 0.2) is 25.3 Å². The Labute approximate surface area is 104 Å². The third-order valence-electron chi connectivity index (χ3n) is 2.75. The molecule has 0 bridgehead atoms. The number of hydrogen-bond acceptors (Lipinski definition) is 0. The fourth-order valence-electron chi connectivity index (χ4n) is 2.03. The van der Waals surface area contributed by atoms with Crippen LogP contribution in [0, 0.1) is 0 Å². The van der Waals surface area contributed by atoms with Crippen LogP contribution in [0.25, 0.3) is 24.3 Å². The Bertz CT molecular complexity index is 559. The molecule has 0 aromatic carbocycles. The van der Waals surface area contributed by atoms with E-state index in [1.165, 1.54) is 5.22 Å². The lowest BCUT2D eigenvalue weighted by Crippen LogP contribution is -2.31. The topological polar surface area (TPSA) is 4.93 Å². The van der Waals surface area contributed by atoms with Gasteiger partial charge < -0.3 is 4.48 Å². The monoisotopic (exact) mass is 224 g/mol. The highest BCUT2D eigenvalue weighted by Crippen LogP contribution is 2.05. The van der Waals surface area contributed by atoms with Crippen LogP contribution in [0.5, 0.6) is 0 Å². The van der Waals surface area contributed by atoms with E-state index in [0.717, 1.165) is 16.6 Å². The van der Waals surface area contributed by atoms with Gasteiger partial charge in [-0.2, -0.15) is 0 Å². The molecule has 0 aliphatic carbocycles. The van der Waals surface area contributed by atoms with Crippen molar-refractivity contribution < 1.29 is 0 Å². The van der Waals surface area contributed by atoms with E-state index in [4.69, 9.17) is 0 Å². The molecule has 1 aromatic heterocycles. The molecular formula is C15H19BN. The Balaban J connectivity index is 3.86. The minimum absolute atomic E-state index is 1.09. The van der Waals surface area contributed by atoms with Gasteiger partial charge in [-0.25, -0.2) is 0 Å². The first-order valence-corrected chi connectivity index (χ1v) is 5.83. The van der Waals surface area contributed by atoms with E-state index in [1.54, 1.807) is 0 Å². The van der Waals surface area contributed by atoms with E-state index in [2.05, 4.69) is 29.8 Å². The van der Waals surface area contributed by atoms with E-state index < -0.39 is 0 Å². The molecule has 0 fully saturated rings. The molecule has 0 saturated heterocycles. The standard InChI is InChI=1S/C15H19BN/c1-6-10-11-15-13(8-3)12(7-2)14(9-4)17(15)16-5/h6-11H,2,4H2,1,3,5H3/b10-6-,13-8-,15-11+. The van der Waals surface area contributed by atoms with Crippen LogP contribution < -0.4 is 10.6 Å². The van der Waals surface area contributed by atoms with Crippen LogP contribution in [-0.4, -0.2) is 11.9 Å². The van der Waals surface area contributed by atoms with Gasteiger partial charge in [-0.05, 0) is 26.0 Å². The predicted molar refractivity (Wildman–Crippen MR) is 80.3 cm³/mol. The summed E-state index contributed by atoms with van der Waals surface area (Å²) in [5, 5.41) is 2.36. The molecule has 1 aromatic rings. The van der Waals surface area contributed by atoms with Crippen molar-refractivity contribution >= 4 is 31.7 Å². The van der Waals surface area contributed by atoms with Crippen molar-refractivity contribution in [1.29, 1.82) is 0 Å². The number of rotatable bonds is 4. The van der Waals surface area contributed by atoms with Crippen LogP contribution in [0.2, 0.25) is 6.82 Å². The molecule has 1 radical (unpaired) electrons. The van der Waals surface area contributed by atoms with Crippen molar-refractivity contribution in [3.05, 3.63) is 47.1 Å². The lowest BCUT2D eigenvalue weighted by molar-refractivity contribution is 1.14. The maximum absolute atomic E-state index is 3.89. The fourth-order valence-corrected chi connectivity index (χ4v) is 2.03. The summed E-state index contributed by atoms with van der Waals surface area (Å²) >= 11 is 0. The summed E-state index contributed by atoms with van der Waals surface area (Å²) in [7, 11) is 2.05. The Morgan fingerprint density at radius 1 is 1.18 bits per heavy atom. The van der Waals surface area contributed by atoms with Crippen LogP contribution in [0.3, 0.4) is 0 Å². The first kappa shape index (κ1) is 13.4. The Hall–Kier alpha value is -1.70. The Morgan fingerprint density at radius 2 is 1.88 bits per heavy atom. The summed E-state index contributed by atoms with van der Waals surface area (Å²) in [6.07, 6.45) is 12.0. The summed E-state index contributed by atoms with van der Waals surface area (Å²) in [5.74, 6) is 0. The van der Waals surface area contributed by atoms with E-state index in [1.807, 2.05) is 52.4 Å². The van der Waals surface area contributed by atoms with E-state index >= 15 is 0 Å². The molecule has 0 aliphatic rings. The quantitative estimate of drug-likeness (QED) is 0.692. The lowest BCUT2D eigenvalue weighted by Gasteiger charge is -2.02. The van der Waals surface area contributed by atoms with Gasteiger partial charge in [0.1, 0.15) is 0 Å². The zero-order valence-corrected chi connectivity index (χ0v) is 10.9. The third-order valence-corrected chi connectivity index (χ3v) is 2.75. The Kier molecular flexibility index (Phi) is 4.83. The van der Waals surface area contributed by atoms with E-state index in [0.29, 0.717) is 0 Å². The van der Waals surface area contributed by atoms with Crippen molar-refractivity contribution in [2.75, 3.05) is 0 Å². The zero-order chi connectivity index (χ0) is 12.8.